The van der Waals surface area contributed by atoms with Crippen LogP contribution in [0.3, 0.4) is 0 Å². The van der Waals surface area contributed by atoms with Crippen LogP contribution < -0.4 is 10.2 Å². The molecule has 2 aromatic rings. The van der Waals surface area contributed by atoms with Crippen molar-refractivity contribution in [3.05, 3.63) is 47.8 Å². The highest BCUT2D eigenvalue weighted by Crippen LogP contribution is 2.18. The Kier molecular flexibility index (Phi) is 4.83. The Bertz CT molecular complexity index is 812. The second-order valence-corrected chi connectivity index (χ2v) is 5.80. The number of carbonyl (C=O) groups excluding carboxylic acids is 2. The summed E-state index contributed by atoms with van der Waals surface area (Å²) >= 11 is 0. The molecule has 2 amide bonds. The van der Waals surface area contributed by atoms with E-state index in [9.17, 15) is 9.59 Å². The molecule has 1 aliphatic rings. The van der Waals surface area contributed by atoms with Gasteiger partial charge in [-0.25, -0.2) is 9.97 Å². The van der Waals surface area contributed by atoms with E-state index in [-0.39, 0.29) is 11.8 Å². The van der Waals surface area contributed by atoms with E-state index >= 15 is 0 Å². The number of aryl methyl sites for hydroxylation is 1. The van der Waals surface area contributed by atoms with Crippen molar-refractivity contribution in [3.63, 3.8) is 0 Å². The molecule has 1 saturated heterocycles. The van der Waals surface area contributed by atoms with Gasteiger partial charge in [0, 0.05) is 25.6 Å². The minimum absolute atomic E-state index is 0.0471. The lowest BCUT2D eigenvalue weighted by Crippen LogP contribution is -2.26. The molecule has 1 N–H and O–H groups in total. The molecule has 0 radical (unpaired) electrons. The first-order valence-electron chi connectivity index (χ1n) is 8.06. The Morgan fingerprint density at radius 1 is 1.20 bits per heavy atom. The Morgan fingerprint density at radius 3 is 2.52 bits per heavy atom. The SMILES string of the molecule is CN=C(C(=O)Nc1cnc(N2CCCC2=O)cn1)c1ccc(C)cc1. The maximum Gasteiger partial charge on any atom is 0.275 e. The van der Waals surface area contributed by atoms with Crippen molar-refractivity contribution >= 4 is 29.2 Å². The van der Waals surface area contributed by atoms with E-state index in [4.69, 9.17) is 0 Å². The van der Waals surface area contributed by atoms with Crippen LogP contribution in [0.4, 0.5) is 11.6 Å². The second kappa shape index (κ2) is 7.21. The highest BCUT2D eigenvalue weighted by atomic mass is 16.2. The normalized spacial score (nSPS) is 14.7. The Morgan fingerprint density at radius 2 is 1.96 bits per heavy atom. The third-order valence-corrected chi connectivity index (χ3v) is 3.99. The molecule has 128 valence electrons. The fraction of sp³-hybridized carbons (Fsp3) is 0.278. The van der Waals surface area contributed by atoms with E-state index < -0.39 is 0 Å². The van der Waals surface area contributed by atoms with Crippen molar-refractivity contribution in [2.45, 2.75) is 19.8 Å². The molecule has 25 heavy (non-hydrogen) atoms. The zero-order valence-electron chi connectivity index (χ0n) is 14.2. The minimum Gasteiger partial charge on any atom is -0.304 e. The largest absolute Gasteiger partial charge is 0.304 e. The molecule has 0 atom stereocenters. The molecule has 0 aliphatic carbocycles. The lowest BCUT2D eigenvalue weighted by molar-refractivity contribution is -0.117. The highest BCUT2D eigenvalue weighted by molar-refractivity contribution is 6.48. The molecule has 1 aliphatic heterocycles. The lowest BCUT2D eigenvalue weighted by atomic mass is 10.1. The lowest BCUT2D eigenvalue weighted by Gasteiger charge is -2.14. The first-order chi connectivity index (χ1) is 12.1. The monoisotopic (exact) mass is 337 g/mol. The van der Waals surface area contributed by atoms with Crippen molar-refractivity contribution in [3.8, 4) is 0 Å². The molecule has 0 bridgehead atoms. The molecular weight excluding hydrogens is 318 g/mol. The Hall–Kier alpha value is -3.09. The summed E-state index contributed by atoms with van der Waals surface area (Å²) in [4.78, 5) is 38.2. The zero-order valence-corrected chi connectivity index (χ0v) is 14.2. The van der Waals surface area contributed by atoms with Gasteiger partial charge in [-0.15, -0.1) is 0 Å². The predicted molar refractivity (Wildman–Crippen MR) is 95.9 cm³/mol. The van der Waals surface area contributed by atoms with Crippen molar-refractivity contribution in [2.75, 3.05) is 23.8 Å². The molecule has 7 heteroatoms. The summed E-state index contributed by atoms with van der Waals surface area (Å²) in [6, 6.07) is 7.56. The van der Waals surface area contributed by atoms with Crippen LogP contribution in [0.25, 0.3) is 0 Å². The fourth-order valence-electron chi connectivity index (χ4n) is 2.66. The van der Waals surface area contributed by atoms with Gasteiger partial charge in [0.15, 0.2) is 11.6 Å². The molecule has 1 fully saturated rings. The molecule has 3 rings (SSSR count). The van der Waals surface area contributed by atoms with Gasteiger partial charge in [0.2, 0.25) is 5.91 Å². The van der Waals surface area contributed by atoms with Crippen LogP contribution in [0.5, 0.6) is 0 Å². The van der Waals surface area contributed by atoms with Gasteiger partial charge in [-0.05, 0) is 13.3 Å². The van der Waals surface area contributed by atoms with Crippen LogP contribution >= 0.6 is 0 Å². The van der Waals surface area contributed by atoms with Gasteiger partial charge in [-0.2, -0.15) is 0 Å². The van der Waals surface area contributed by atoms with Crippen LogP contribution in [-0.2, 0) is 9.59 Å². The summed E-state index contributed by atoms with van der Waals surface area (Å²) in [6.07, 6.45) is 4.30. The van der Waals surface area contributed by atoms with Crippen molar-refractivity contribution in [1.29, 1.82) is 0 Å². The van der Waals surface area contributed by atoms with Gasteiger partial charge in [0.1, 0.15) is 5.71 Å². The number of anilines is 2. The summed E-state index contributed by atoms with van der Waals surface area (Å²) in [6.45, 7) is 2.63. The van der Waals surface area contributed by atoms with Crippen LogP contribution in [-0.4, -0.2) is 41.1 Å². The van der Waals surface area contributed by atoms with Gasteiger partial charge in [0.25, 0.3) is 5.91 Å². The zero-order chi connectivity index (χ0) is 17.8. The third-order valence-electron chi connectivity index (χ3n) is 3.99. The maximum atomic E-state index is 12.4. The number of hydrogen-bond donors (Lipinski definition) is 1. The van der Waals surface area contributed by atoms with E-state index in [0.29, 0.717) is 30.3 Å². The van der Waals surface area contributed by atoms with Crippen molar-refractivity contribution < 1.29 is 9.59 Å². The fourth-order valence-corrected chi connectivity index (χ4v) is 2.66. The van der Waals surface area contributed by atoms with E-state index in [2.05, 4.69) is 20.3 Å². The maximum absolute atomic E-state index is 12.4. The quantitative estimate of drug-likeness (QED) is 0.864. The Balaban J connectivity index is 1.71. The molecule has 0 unspecified atom stereocenters. The standard InChI is InChI=1S/C18H19N5O2/c1-12-5-7-13(8-6-12)17(19-2)18(25)22-14-10-21-15(11-20-14)23-9-3-4-16(23)24/h5-8,10-11H,3-4,9H2,1-2H3,(H,20,22,25). The molecule has 7 nitrogen and oxygen atoms in total. The average molecular weight is 337 g/mol. The van der Waals surface area contributed by atoms with Crippen LogP contribution in [0.2, 0.25) is 0 Å². The van der Waals surface area contributed by atoms with Gasteiger partial charge >= 0.3 is 0 Å². The summed E-state index contributed by atoms with van der Waals surface area (Å²) < 4.78 is 0. The number of nitrogens with zero attached hydrogens (tertiary/aromatic N) is 4. The molecular formula is C18H19N5O2. The van der Waals surface area contributed by atoms with Gasteiger partial charge < -0.3 is 5.32 Å². The van der Waals surface area contributed by atoms with Crippen LogP contribution in [0, 0.1) is 6.92 Å². The van der Waals surface area contributed by atoms with E-state index in [0.717, 1.165) is 17.5 Å². The first-order valence-corrected chi connectivity index (χ1v) is 8.06. The minimum atomic E-state index is -0.356. The van der Waals surface area contributed by atoms with Gasteiger partial charge in [-0.3, -0.25) is 19.5 Å². The number of carbonyl (C=O) groups is 2. The average Bonchev–Trinajstić information content (AvgIpc) is 3.04. The smallest absolute Gasteiger partial charge is 0.275 e. The molecule has 2 heterocycles. The number of aliphatic imine (C=N–C) groups is 1. The summed E-state index contributed by atoms with van der Waals surface area (Å²) in [5.74, 6) is 0.508. The number of amides is 2. The second-order valence-electron chi connectivity index (χ2n) is 5.80. The summed E-state index contributed by atoms with van der Waals surface area (Å²) in [5.41, 5.74) is 2.16. The molecule has 0 spiro atoms. The number of nitrogens with one attached hydrogen (secondary N) is 1. The Labute approximate surface area is 145 Å². The van der Waals surface area contributed by atoms with Crippen molar-refractivity contribution in [2.24, 2.45) is 4.99 Å². The number of aromatic nitrogens is 2. The first kappa shape index (κ1) is 16.8. The molecule has 0 saturated carbocycles. The highest BCUT2D eigenvalue weighted by Gasteiger charge is 2.23. The number of rotatable bonds is 4. The molecule has 1 aromatic heterocycles. The summed E-state index contributed by atoms with van der Waals surface area (Å²) in [7, 11) is 1.57. The predicted octanol–water partition coefficient (Wildman–Crippen LogP) is 1.97. The number of hydrogen-bond acceptors (Lipinski definition) is 5. The summed E-state index contributed by atoms with van der Waals surface area (Å²) in [5, 5.41) is 2.69. The van der Waals surface area contributed by atoms with Crippen LogP contribution in [0.1, 0.15) is 24.0 Å². The van der Waals surface area contributed by atoms with Gasteiger partial charge in [-0.1, -0.05) is 29.8 Å². The number of benzene rings is 1. The van der Waals surface area contributed by atoms with Crippen molar-refractivity contribution in [1.82, 2.24) is 9.97 Å². The molecule has 1 aromatic carbocycles. The van der Waals surface area contributed by atoms with Gasteiger partial charge in [0.05, 0.1) is 12.4 Å². The topological polar surface area (TPSA) is 87.5 Å². The van der Waals surface area contributed by atoms with E-state index in [1.807, 2.05) is 31.2 Å². The van der Waals surface area contributed by atoms with E-state index in [1.165, 1.54) is 12.4 Å². The van der Waals surface area contributed by atoms with E-state index in [1.54, 1.807) is 11.9 Å². The van der Waals surface area contributed by atoms with Crippen LogP contribution in [0.15, 0.2) is 41.7 Å². The third kappa shape index (κ3) is 3.71.